The Morgan fingerprint density at radius 2 is 1.69 bits per heavy atom. The molecule has 0 aromatic heterocycles. The van der Waals surface area contributed by atoms with Crippen molar-refractivity contribution in [3.05, 3.63) is 65.2 Å². The van der Waals surface area contributed by atoms with Gasteiger partial charge in [-0.1, -0.05) is 62.7 Å². The third kappa shape index (κ3) is 8.19. The van der Waals surface area contributed by atoms with Crippen LogP contribution in [0.1, 0.15) is 55.6 Å². The summed E-state index contributed by atoms with van der Waals surface area (Å²) < 4.78 is 26.4. The van der Waals surface area contributed by atoms with Crippen LogP contribution in [0, 0.1) is 12.8 Å². The van der Waals surface area contributed by atoms with Crippen LogP contribution in [0.3, 0.4) is 0 Å². The van der Waals surface area contributed by atoms with E-state index < -0.39 is 28.5 Å². The Morgan fingerprint density at radius 1 is 1.03 bits per heavy atom. The summed E-state index contributed by atoms with van der Waals surface area (Å²) in [6, 6.07) is 13.0. The first-order valence-electron chi connectivity index (χ1n) is 12.0. The quantitative estimate of drug-likeness (QED) is 0.436. The van der Waals surface area contributed by atoms with Gasteiger partial charge in [0.05, 0.1) is 11.9 Å². The molecule has 0 saturated carbocycles. The molecule has 0 unspecified atom stereocenters. The van der Waals surface area contributed by atoms with Gasteiger partial charge in [-0.2, -0.15) is 0 Å². The Hall–Kier alpha value is -3.20. The van der Waals surface area contributed by atoms with E-state index in [0.717, 1.165) is 21.7 Å². The summed E-state index contributed by atoms with van der Waals surface area (Å²) in [7, 11) is -3.87. The van der Waals surface area contributed by atoms with Gasteiger partial charge in [0.1, 0.15) is 12.6 Å². The average Bonchev–Trinajstić information content (AvgIpc) is 2.80. The van der Waals surface area contributed by atoms with Gasteiger partial charge in [0, 0.05) is 18.7 Å². The predicted molar refractivity (Wildman–Crippen MR) is 142 cm³/mol. The number of carbonyl (C=O) groups excluding carboxylic acids is 3. The van der Waals surface area contributed by atoms with Crippen molar-refractivity contribution >= 4 is 33.3 Å². The average molecular weight is 516 g/mol. The minimum atomic E-state index is -3.87. The zero-order valence-corrected chi connectivity index (χ0v) is 22.8. The van der Waals surface area contributed by atoms with Crippen molar-refractivity contribution in [1.29, 1.82) is 0 Å². The van der Waals surface area contributed by atoms with Crippen LogP contribution in [0.25, 0.3) is 0 Å². The van der Waals surface area contributed by atoms with E-state index in [-0.39, 0.29) is 29.8 Å². The molecule has 0 heterocycles. The van der Waals surface area contributed by atoms with Crippen LogP contribution >= 0.6 is 0 Å². The number of ketones is 1. The zero-order chi connectivity index (χ0) is 27.0. The first-order chi connectivity index (χ1) is 16.8. The van der Waals surface area contributed by atoms with Crippen molar-refractivity contribution in [1.82, 2.24) is 10.2 Å². The molecule has 196 valence electrons. The van der Waals surface area contributed by atoms with Crippen molar-refractivity contribution in [3.8, 4) is 0 Å². The van der Waals surface area contributed by atoms with Crippen LogP contribution in [0.15, 0.2) is 48.5 Å². The lowest BCUT2D eigenvalue weighted by molar-refractivity contribution is -0.140. The number of hydrogen-bond donors (Lipinski definition) is 1. The van der Waals surface area contributed by atoms with Gasteiger partial charge in [-0.05, 0) is 43.9 Å². The van der Waals surface area contributed by atoms with Gasteiger partial charge >= 0.3 is 0 Å². The molecule has 2 aromatic rings. The van der Waals surface area contributed by atoms with Crippen LogP contribution in [-0.4, -0.2) is 56.3 Å². The number of aryl methyl sites for hydroxylation is 1. The number of rotatable bonds is 12. The second-order valence-corrected chi connectivity index (χ2v) is 11.4. The molecule has 0 saturated heterocycles. The topological polar surface area (TPSA) is 104 Å². The number of hydrogen-bond acceptors (Lipinski definition) is 5. The maximum atomic E-state index is 13.7. The van der Waals surface area contributed by atoms with Crippen molar-refractivity contribution < 1.29 is 22.8 Å². The maximum absolute atomic E-state index is 13.7. The SMILES string of the molecule is CC[C@@H](C(=O)NCC(C)C)N(Cc1cccc(C)c1)C(=O)CN(c1cccc(C(C)=O)c1)S(C)(=O)=O. The fraction of sp³-hybridized carbons (Fsp3) is 0.444. The number of amides is 2. The summed E-state index contributed by atoms with van der Waals surface area (Å²) in [5.74, 6) is -0.773. The van der Waals surface area contributed by atoms with Crippen LogP contribution in [0.5, 0.6) is 0 Å². The fourth-order valence-electron chi connectivity index (χ4n) is 3.84. The summed E-state index contributed by atoms with van der Waals surface area (Å²) in [5, 5.41) is 2.90. The van der Waals surface area contributed by atoms with E-state index in [0.29, 0.717) is 18.5 Å². The van der Waals surface area contributed by atoms with Gasteiger partial charge in [0.15, 0.2) is 5.78 Å². The molecule has 2 amide bonds. The first-order valence-corrected chi connectivity index (χ1v) is 13.9. The highest BCUT2D eigenvalue weighted by molar-refractivity contribution is 7.92. The standard InChI is InChI=1S/C27H37N3O5S/c1-7-25(27(33)28-16-19(2)3)29(17-22-11-8-10-20(4)14-22)26(32)18-30(36(6,34)35)24-13-9-12-23(15-24)21(5)31/h8-15,19,25H,7,16-18H2,1-6H3,(H,28,33)/t25-/m0/s1. The largest absolute Gasteiger partial charge is 0.354 e. The van der Waals surface area contributed by atoms with Crippen LogP contribution in [0.4, 0.5) is 5.69 Å². The molecule has 0 aliphatic carbocycles. The Morgan fingerprint density at radius 3 is 2.25 bits per heavy atom. The van der Waals surface area contributed by atoms with Crippen molar-refractivity contribution in [2.24, 2.45) is 5.92 Å². The third-order valence-electron chi connectivity index (χ3n) is 5.73. The van der Waals surface area contributed by atoms with E-state index in [2.05, 4.69) is 5.32 Å². The third-order valence-corrected chi connectivity index (χ3v) is 6.87. The predicted octanol–water partition coefficient (Wildman–Crippen LogP) is 3.54. The van der Waals surface area contributed by atoms with Gasteiger partial charge in [0.2, 0.25) is 21.8 Å². The molecular formula is C27H37N3O5S. The molecule has 0 fully saturated rings. The molecule has 0 radical (unpaired) electrons. The van der Waals surface area contributed by atoms with E-state index in [1.54, 1.807) is 12.1 Å². The summed E-state index contributed by atoms with van der Waals surface area (Å²) >= 11 is 0. The van der Waals surface area contributed by atoms with E-state index in [4.69, 9.17) is 0 Å². The van der Waals surface area contributed by atoms with E-state index in [1.165, 1.54) is 24.0 Å². The zero-order valence-electron chi connectivity index (χ0n) is 21.9. The van der Waals surface area contributed by atoms with Crippen molar-refractivity contribution in [2.45, 2.75) is 53.6 Å². The Labute approximate surface area is 214 Å². The molecular weight excluding hydrogens is 478 g/mol. The normalized spacial score (nSPS) is 12.2. The molecule has 9 heteroatoms. The second-order valence-electron chi connectivity index (χ2n) is 9.45. The molecule has 2 rings (SSSR count). The number of carbonyl (C=O) groups is 3. The smallest absolute Gasteiger partial charge is 0.244 e. The van der Waals surface area contributed by atoms with Crippen LogP contribution in [-0.2, 0) is 26.2 Å². The number of nitrogens with zero attached hydrogens (tertiary/aromatic N) is 2. The Kier molecular flexibility index (Phi) is 10.2. The number of anilines is 1. The highest BCUT2D eigenvalue weighted by Crippen LogP contribution is 2.21. The van der Waals surface area contributed by atoms with Crippen LogP contribution < -0.4 is 9.62 Å². The fourth-order valence-corrected chi connectivity index (χ4v) is 4.68. The van der Waals surface area contributed by atoms with E-state index >= 15 is 0 Å². The van der Waals surface area contributed by atoms with Crippen molar-refractivity contribution in [2.75, 3.05) is 23.7 Å². The van der Waals surface area contributed by atoms with Gasteiger partial charge in [-0.15, -0.1) is 0 Å². The molecule has 0 bridgehead atoms. The summed E-state index contributed by atoms with van der Waals surface area (Å²) in [5.41, 5.74) is 2.40. The number of sulfonamides is 1. The lowest BCUT2D eigenvalue weighted by atomic mass is 10.1. The molecule has 1 atom stereocenters. The molecule has 2 aromatic carbocycles. The summed E-state index contributed by atoms with van der Waals surface area (Å²) in [4.78, 5) is 40.1. The number of Topliss-reactive ketones (excluding diaryl/α,β-unsaturated/α-hetero) is 1. The minimum Gasteiger partial charge on any atom is -0.354 e. The monoisotopic (exact) mass is 515 g/mol. The molecule has 36 heavy (non-hydrogen) atoms. The molecule has 8 nitrogen and oxygen atoms in total. The molecule has 1 N–H and O–H groups in total. The van der Waals surface area contributed by atoms with Crippen molar-refractivity contribution in [3.63, 3.8) is 0 Å². The highest BCUT2D eigenvalue weighted by Gasteiger charge is 2.31. The summed E-state index contributed by atoms with van der Waals surface area (Å²) in [6.07, 6.45) is 1.37. The lowest BCUT2D eigenvalue weighted by Gasteiger charge is -2.33. The molecule has 0 aliphatic heterocycles. The van der Waals surface area contributed by atoms with Gasteiger partial charge in [0.25, 0.3) is 0 Å². The molecule has 0 spiro atoms. The van der Waals surface area contributed by atoms with Crippen LogP contribution in [0.2, 0.25) is 0 Å². The molecule has 0 aliphatic rings. The number of benzene rings is 2. The lowest BCUT2D eigenvalue weighted by Crippen LogP contribution is -2.52. The number of nitrogens with one attached hydrogen (secondary N) is 1. The minimum absolute atomic E-state index is 0.152. The highest BCUT2D eigenvalue weighted by atomic mass is 32.2. The first kappa shape index (κ1) is 29.0. The Bertz CT molecular complexity index is 1190. The second kappa shape index (κ2) is 12.7. The Balaban J connectivity index is 2.46. The summed E-state index contributed by atoms with van der Waals surface area (Å²) in [6.45, 7) is 9.23. The van der Waals surface area contributed by atoms with Gasteiger partial charge in [-0.3, -0.25) is 18.7 Å². The van der Waals surface area contributed by atoms with E-state index in [1.807, 2.05) is 52.0 Å². The van der Waals surface area contributed by atoms with Gasteiger partial charge < -0.3 is 10.2 Å². The maximum Gasteiger partial charge on any atom is 0.244 e. The van der Waals surface area contributed by atoms with E-state index in [9.17, 15) is 22.8 Å². The van der Waals surface area contributed by atoms with Gasteiger partial charge in [-0.25, -0.2) is 8.42 Å².